The Morgan fingerprint density at radius 2 is 1.95 bits per heavy atom. The van der Waals surface area contributed by atoms with Gasteiger partial charge in [0.2, 0.25) is 0 Å². The topological polar surface area (TPSA) is 49.3 Å². The number of ketones is 1. The Kier molecular flexibility index (Phi) is 4.90. The van der Waals surface area contributed by atoms with E-state index in [0.29, 0.717) is 19.3 Å². The van der Waals surface area contributed by atoms with E-state index in [9.17, 15) is 18.7 Å². The van der Waals surface area contributed by atoms with Crippen molar-refractivity contribution < 1.29 is 18.7 Å². The predicted octanol–water partition coefficient (Wildman–Crippen LogP) is 2.31. The first-order valence-electron chi connectivity index (χ1n) is 6.26. The van der Waals surface area contributed by atoms with E-state index in [1.54, 1.807) is 0 Å². The molecule has 0 amide bonds. The molecule has 6 heteroatoms. The quantitative estimate of drug-likeness (QED) is 0.881. The van der Waals surface area contributed by atoms with E-state index in [2.05, 4.69) is 5.32 Å². The van der Waals surface area contributed by atoms with E-state index in [1.165, 1.54) is 26.1 Å². The zero-order chi connectivity index (χ0) is 14.3. The molecule has 0 aliphatic heterocycles. The summed E-state index contributed by atoms with van der Waals surface area (Å²) in [7, 11) is 1.52. The van der Waals surface area contributed by atoms with Crippen molar-refractivity contribution in [2.45, 2.75) is 37.3 Å². The first-order chi connectivity index (χ1) is 8.85. The Morgan fingerprint density at radius 1 is 1.30 bits per heavy atom. The van der Waals surface area contributed by atoms with Gasteiger partial charge in [-0.2, -0.15) is 0 Å². The molecule has 0 aromatic heterocycles. The molecular formula is C14H18ClF2NO2. The van der Waals surface area contributed by atoms with Crippen LogP contribution in [0.1, 0.15) is 31.7 Å². The lowest BCUT2D eigenvalue weighted by atomic mass is 9.69. The maximum Gasteiger partial charge on any atom is 0.188 e. The molecule has 1 aliphatic rings. The number of aliphatic hydroxyl groups is 1. The Morgan fingerprint density at radius 3 is 2.55 bits per heavy atom. The molecule has 0 bridgehead atoms. The molecule has 2 atom stereocenters. The number of benzene rings is 1. The number of nitrogens with one attached hydrogen (secondary N) is 1. The van der Waals surface area contributed by atoms with Gasteiger partial charge >= 0.3 is 0 Å². The minimum atomic E-state index is -1.53. The average Bonchev–Trinajstić information content (AvgIpc) is 2.37. The summed E-state index contributed by atoms with van der Waals surface area (Å²) in [6.45, 7) is 1.41. The third-order valence-corrected chi connectivity index (χ3v) is 3.93. The minimum Gasteiger partial charge on any atom is -0.382 e. The molecule has 1 aromatic rings. The second-order valence-electron chi connectivity index (χ2n) is 5.21. The monoisotopic (exact) mass is 305 g/mol. The molecule has 1 saturated carbocycles. The third-order valence-electron chi connectivity index (χ3n) is 3.93. The number of carbonyl (C=O) groups is 1. The smallest absolute Gasteiger partial charge is 0.188 e. The van der Waals surface area contributed by atoms with Crippen molar-refractivity contribution in [3.63, 3.8) is 0 Å². The van der Waals surface area contributed by atoms with Gasteiger partial charge in [-0.25, -0.2) is 8.78 Å². The van der Waals surface area contributed by atoms with Crippen LogP contribution in [0.4, 0.5) is 8.78 Å². The molecule has 2 rings (SSSR count). The zero-order valence-corrected chi connectivity index (χ0v) is 12.2. The number of likely N-dealkylation sites (N-methyl/N-ethyl adjacent to an activating group) is 1. The molecule has 0 spiro atoms. The van der Waals surface area contributed by atoms with Crippen molar-refractivity contribution in [2.24, 2.45) is 0 Å². The zero-order valence-electron chi connectivity index (χ0n) is 11.4. The second-order valence-corrected chi connectivity index (χ2v) is 5.21. The van der Waals surface area contributed by atoms with Gasteiger partial charge in [-0.3, -0.25) is 4.79 Å². The van der Waals surface area contributed by atoms with Crippen LogP contribution < -0.4 is 5.32 Å². The summed E-state index contributed by atoms with van der Waals surface area (Å²) in [6.07, 6.45) is 1.21. The van der Waals surface area contributed by atoms with Crippen LogP contribution in [0.25, 0.3) is 0 Å². The fourth-order valence-electron chi connectivity index (χ4n) is 2.85. The van der Waals surface area contributed by atoms with Crippen LogP contribution in [0.5, 0.6) is 0 Å². The fraction of sp³-hybridized carbons (Fsp3) is 0.500. The number of halogens is 3. The van der Waals surface area contributed by atoms with Gasteiger partial charge in [0.05, 0.1) is 0 Å². The summed E-state index contributed by atoms with van der Waals surface area (Å²) in [5, 5.41) is 12.9. The summed E-state index contributed by atoms with van der Waals surface area (Å²) >= 11 is 0. The van der Waals surface area contributed by atoms with E-state index >= 15 is 0 Å². The van der Waals surface area contributed by atoms with Gasteiger partial charge in [-0.05, 0) is 39.3 Å². The molecule has 0 unspecified atom stereocenters. The minimum absolute atomic E-state index is 0. The highest BCUT2D eigenvalue weighted by atomic mass is 35.5. The standard InChI is InChI=1S/C14H17F2NO2.ClH/c1-13(19)7-4-8-14(17-2,12(13)18)9-5-3-6-10(15)11(9)16;/h3,5-6,17,19H,4,7-8H2,1-2H3;1H/t13-,14+;/m0./s1. The van der Waals surface area contributed by atoms with Gasteiger partial charge in [0, 0.05) is 5.56 Å². The molecule has 0 saturated heterocycles. The SMILES string of the molecule is CN[C@@]1(c2cccc(F)c2F)CCC[C@](C)(O)C1=O.Cl. The van der Waals surface area contributed by atoms with Crippen LogP contribution in [-0.2, 0) is 10.3 Å². The lowest BCUT2D eigenvalue weighted by molar-refractivity contribution is -0.148. The molecule has 3 nitrogen and oxygen atoms in total. The molecular weight excluding hydrogens is 288 g/mol. The van der Waals surface area contributed by atoms with Crippen LogP contribution in [0.2, 0.25) is 0 Å². The van der Waals surface area contributed by atoms with Gasteiger partial charge in [0.15, 0.2) is 17.4 Å². The number of rotatable bonds is 2. The summed E-state index contributed by atoms with van der Waals surface area (Å²) in [4.78, 5) is 12.5. The summed E-state index contributed by atoms with van der Waals surface area (Å²) < 4.78 is 27.4. The molecule has 0 heterocycles. The fourth-order valence-corrected chi connectivity index (χ4v) is 2.85. The van der Waals surface area contributed by atoms with Crippen LogP contribution in [0.3, 0.4) is 0 Å². The first-order valence-corrected chi connectivity index (χ1v) is 6.26. The third kappa shape index (κ3) is 2.45. The number of hydrogen-bond acceptors (Lipinski definition) is 3. The Balaban J connectivity index is 0.00000200. The van der Waals surface area contributed by atoms with Crippen molar-refractivity contribution in [1.82, 2.24) is 5.32 Å². The predicted molar refractivity (Wildman–Crippen MR) is 73.8 cm³/mol. The van der Waals surface area contributed by atoms with E-state index < -0.39 is 28.6 Å². The normalized spacial score (nSPS) is 29.9. The first kappa shape index (κ1) is 17.0. The van der Waals surface area contributed by atoms with Gasteiger partial charge in [0.1, 0.15) is 11.1 Å². The molecule has 112 valence electrons. The molecule has 1 aliphatic carbocycles. The lowest BCUT2D eigenvalue weighted by Crippen LogP contribution is -2.59. The van der Waals surface area contributed by atoms with E-state index in [1.807, 2.05) is 0 Å². The Bertz CT molecular complexity index is 522. The maximum absolute atomic E-state index is 14.0. The van der Waals surface area contributed by atoms with Crippen molar-refractivity contribution in [2.75, 3.05) is 7.05 Å². The van der Waals surface area contributed by atoms with Crippen LogP contribution >= 0.6 is 12.4 Å². The molecule has 0 radical (unpaired) electrons. The highest BCUT2D eigenvalue weighted by Crippen LogP contribution is 2.40. The van der Waals surface area contributed by atoms with Crippen molar-refractivity contribution >= 4 is 18.2 Å². The molecule has 20 heavy (non-hydrogen) atoms. The van der Waals surface area contributed by atoms with Crippen molar-refractivity contribution in [1.29, 1.82) is 0 Å². The Hall–Kier alpha value is -1.04. The Labute approximate surface area is 122 Å². The highest BCUT2D eigenvalue weighted by Gasteiger charge is 2.51. The van der Waals surface area contributed by atoms with Gasteiger partial charge in [-0.15, -0.1) is 12.4 Å². The summed E-state index contributed by atoms with van der Waals surface area (Å²) in [5.74, 6) is -2.55. The van der Waals surface area contributed by atoms with Gasteiger partial charge in [0.25, 0.3) is 0 Å². The van der Waals surface area contributed by atoms with Crippen molar-refractivity contribution in [3.8, 4) is 0 Å². The van der Waals surface area contributed by atoms with E-state index in [-0.39, 0.29) is 18.0 Å². The summed E-state index contributed by atoms with van der Waals surface area (Å²) in [5.41, 5.74) is -2.94. The van der Waals surface area contributed by atoms with Crippen LogP contribution in [0.15, 0.2) is 18.2 Å². The molecule has 2 N–H and O–H groups in total. The van der Waals surface area contributed by atoms with Crippen molar-refractivity contribution in [3.05, 3.63) is 35.4 Å². The van der Waals surface area contributed by atoms with Crippen LogP contribution in [0, 0.1) is 11.6 Å². The highest BCUT2D eigenvalue weighted by molar-refractivity contribution is 5.96. The largest absolute Gasteiger partial charge is 0.382 e. The lowest BCUT2D eigenvalue weighted by Gasteiger charge is -2.42. The van der Waals surface area contributed by atoms with E-state index in [0.717, 1.165) is 6.07 Å². The average molecular weight is 306 g/mol. The molecule has 1 aromatic carbocycles. The number of Topliss-reactive ketones (excluding diaryl/α,β-unsaturated/α-hetero) is 1. The summed E-state index contributed by atoms with van der Waals surface area (Å²) in [6, 6.07) is 3.76. The number of hydrogen-bond donors (Lipinski definition) is 2. The van der Waals surface area contributed by atoms with Gasteiger partial charge in [-0.1, -0.05) is 12.1 Å². The second kappa shape index (κ2) is 5.76. The van der Waals surface area contributed by atoms with Crippen LogP contribution in [-0.4, -0.2) is 23.5 Å². The number of carbonyl (C=O) groups excluding carboxylic acids is 1. The van der Waals surface area contributed by atoms with Gasteiger partial charge < -0.3 is 10.4 Å². The van der Waals surface area contributed by atoms with E-state index in [4.69, 9.17) is 0 Å². The molecule has 1 fully saturated rings. The maximum atomic E-state index is 14.0.